The van der Waals surface area contributed by atoms with E-state index in [1.54, 1.807) is 19.6 Å². The Morgan fingerprint density at radius 2 is 1.98 bits per heavy atom. The molecule has 0 spiro atoms. The van der Waals surface area contributed by atoms with E-state index < -0.39 is 0 Å². The first-order valence-corrected chi connectivity index (χ1v) is 14.8. The van der Waals surface area contributed by atoms with Crippen molar-refractivity contribution < 1.29 is 14.2 Å². The van der Waals surface area contributed by atoms with Crippen LogP contribution < -0.4 is 15.0 Å². The summed E-state index contributed by atoms with van der Waals surface area (Å²) in [7, 11) is 1.64. The second-order valence-electron chi connectivity index (χ2n) is 10.2. The fourth-order valence-corrected chi connectivity index (χ4v) is 5.51. The van der Waals surface area contributed by atoms with Crippen LogP contribution in [-0.4, -0.2) is 31.7 Å². The van der Waals surface area contributed by atoms with Crippen LogP contribution in [0.3, 0.4) is 0 Å². The first-order chi connectivity index (χ1) is 22.2. The van der Waals surface area contributed by atoms with Gasteiger partial charge in [0, 0.05) is 34.9 Å². The number of aromatic nitrogens is 4. The zero-order valence-electron chi connectivity index (χ0n) is 24.3. The van der Waals surface area contributed by atoms with Crippen molar-refractivity contribution in [3.63, 3.8) is 0 Å². The number of ether oxygens (including phenoxy) is 3. The molecule has 0 amide bonds. The van der Waals surface area contributed by atoms with E-state index >= 15 is 0 Å². The Bertz CT molecular complexity index is 2030. The van der Waals surface area contributed by atoms with Crippen molar-refractivity contribution in [1.82, 2.24) is 19.6 Å². The number of hydrogen-bond donors (Lipinski definition) is 1. The molecule has 4 heterocycles. The molecule has 0 bridgehead atoms. The van der Waals surface area contributed by atoms with Crippen molar-refractivity contribution in [2.75, 3.05) is 17.3 Å². The van der Waals surface area contributed by atoms with E-state index in [2.05, 4.69) is 16.4 Å². The van der Waals surface area contributed by atoms with E-state index in [0.29, 0.717) is 22.5 Å². The van der Waals surface area contributed by atoms with Gasteiger partial charge in [-0.05, 0) is 61.4 Å². The average Bonchev–Trinajstić information content (AvgIpc) is 3.50. The third kappa shape index (κ3) is 5.78. The summed E-state index contributed by atoms with van der Waals surface area (Å²) >= 11 is 5.73. The van der Waals surface area contributed by atoms with Gasteiger partial charge in [0.2, 0.25) is 11.8 Å². The number of methoxy groups -OCH3 is 1. The molecule has 7 rings (SSSR count). The van der Waals surface area contributed by atoms with Crippen molar-refractivity contribution in [3.05, 3.63) is 139 Å². The topological polar surface area (TPSA) is 86.0 Å². The van der Waals surface area contributed by atoms with E-state index in [0.717, 1.165) is 57.9 Å². The third-order valence-corrected chi connectivity index (χ3v) is 7.69. The van der Waals surface area contributed by atoms with E-state index in [1.807, 2.05) is 101 Å². The molecule has 1 aliphatic heterocycles. The van der Waals surface area contributed by atoms with Crippen LogP contribution in [0, 0.1) is 0 Å². The number of allylic oxidation sites excluding steroid dienone is 4. The van der Waals surface area contributed by atoms with E-state index in [1.165, 1.54) is 12.5 Å². The molecular formula is C35H28N6O3S. The van der Waals surface area contributed by atoms with Gasteiger partial charge in [-0.15, -0.1) is 0 Å². The molecule has 0 saturated heterocycles. The number of nitrogens with one attached hydrogen (secondary N) is 1. The zero-order chi connectivity index (χ0) is 30.6. The van der Waals surface area contributed by atoms with Crippen LogP contribution in [-0.2, 0) is 9.47 Å². The van der Waals surface area contributed by atoms with Gasteiger partial charge in [-0.2, -0.15) is 5.10 Å². The van der Waals surface area contributed by atoms with Gasteiger partial charge in [0.15, 0.2) is 6.26 Å². The Morgan fingerprint density at radius 3 is 2.82 bits per heavy atom. The minimum absolute atomic E-state index is 0.458. The van der Waals surface area contributed by atoms with E-state index in [-0.39, 0.29) is 0 Å². The molecule has 5 aromatic rings. The molecular weight excluding hydrogens is 584 g/mol. The van der Waals surface area contributed by atoms with Crippen molar-refractivity contribution in [2.45, 2.75) is 12.8 Å². The van der Waals surface area contributed by atoms with Gasteiger partial charge >= 0.3 is 0 Å². The number of thiocarbonyl (C=S) groups is 1. The molecule has 0 fully saturated rings. The third-order valence-electron chi connectivity index (χ3n) is 7.36. The molecule has 1 aliphatic carbocycles. The lowest BCUT2D eigenvalue weighted by molar-refractivity contribution is 0.250. The lowest BCUT2D eigenvalue weighted by Crippen LogP contribution is -2.26. The van der Waals surface area contributed by atoms with Crippen LogP contribution in [0.5, 0.6) is 5.75 Å². The Hall–Kier alpha value is -5.74. The summed E-state index contributed by atoms with van der Waals surface area (Å²) in [5.74, 6) is 1.68. The first kappa shape index (κ1) is 28.1. The quantitative estimate of drug-likeness (QED) is 0.178. The summed E-state index contributed by atoms with van der Waals surface area (Å²) in [5.41, 5.74) is 6.87. The highest BCUT2D eigenvalue weighted by molar-refractivity contribution is 7.81. The summed E-state index contributed by atoms with van der Waals surface area (Å²) in [4.78, 5) is 12.2. The van der Waals surface area contributed by atoms with Gasteiger partial charge in [0.05, 0.1) is 23.9 Å². The van der Waals surface area contributed by atoms with E-state index in [4.69, 9.17) is 36.5 Å². The monoisotopic (exact) mass is 612 g/mol. The van der Waals surface area contributed by atoms with Gasteiger partial charge < -0.3 is 19.5 Å². The highest BCUT2D eigenvalue weighted by atomic mass is 32.1. The summed E-state index contributed by atoms with van der Waals surface area (Å²) in [5, 5.41) is 8.36. The molecule has 0 saturated carbocycles. The average molecular weight is 613 g/mol. The fraction of sp³-hybridized carbons (Fsp3) is 0.0857. The molecule has 10 heteroatoms. The standard InChI is InChI=1S/C35H28N6O3S/c1-42-28-14-8-10-25(22-28)34(45)37-26-11-7-9-24(21-26)33-32(30-15-5-6-18-40(30)39-33)29-16-17-36-35(38-29)41(27-12-3-2-4-13-27)31-23-43-19-20-44-31/h2-3,5-12,14-23H,4,13H2,1H3,(H,37,45). The van der Waals surface area contributed by atoms with Crippen LogP contribution >= 0.6 is 12.2 Å². The molecule has 9 nitrogen and oxygen atoms in total. The fourth-order valence-electron chi connectivity index (χ4n) is 5.27. The molecule has 45 heavy (non-hydrogen) atoms. The molecule has 222 valence electrons. The summed E-state index contributed by atoms with van der Waals surface area (Å²) in [6.45, 7) is 0. The van der Waals surface area contributed by atoms with Crippen molar-refractivity contribution in [1.29, 1.82) is 0 Å². The number of fused-ring (bicyclic) bond motifs is 1. The van der Waals surface area contributed by atoms with Crippen LogP contribution in [0.4, 0.5) is 11.6 Å². The Balaban J connectivity index is 1.29. The minimum atomic E-state index is 0.458. The summed E-state index contributed by atoms with van der Waals surface area (Å²) < 4.78 is 18.5. The molecule has 2 aromatic carbocycles. The number of anilines is 2. The first-order valence-electron chi connectivity index (χ1n) is 14.4. The highest BCUT2D eigenvalue weighted by Crippen LogP contribution is 2.37. The molecule has 0 unspecified atom stereocenters. The summed E-state index contributed by atoms with van der Waals surface area (Å²) in [6.07, 6.45) is 16.1. The van der Waals surface area contributed by atoms with Gasteiger partial charge in [0.25, 0.3) is 0 Å². The zero-order valence-corrected chi connectivity index (χ0v) is 25.1. The van der Waals surface area contributed by atoms with Crippen molar-refractivity contribution in [2.24, 2.45) is 0 Å². The Labute approximate surface area is 265 Å². The maximum atomic E-state index is 5.83. The van der Waals surface area contributed by atoms with Gasteiger partial charge in [-0.1, -0.05) is 54.7 Å². The number of rotatable bonds is 8. The number of nitrogens with zero attached hydrogens (tertiary/aromatic N) is 5. The van der Waals surface area contributed by atoms with Crippen LogP contribution in [0.1, 0.15) is 18.4 Å². The highest BCUT2D eigenvalue weighted by Gasteiger charge is 2.25. The molecule has 0 atom stereocenters. The number of pyridine rings is 1. The molecule has 3 aromatic heterocycles. The SMILES string of the molecule is COc1cccc(C(=S)Nc2cccc(-c3nn4ccccc4c3-c3ccnc(N(C4=CC=CCC4)C4=COC=CO4)n3)c2)c1. The minimum Gasteiger partial charge on any atom is -0.497 e. The van der Waals surface area contributed by atoms with Gasteiger partial charge in [-0.3, -0.25) is 0 Å². The lowest BCUT2D eigenvalue weighted by atomic mass is 10.0. The number of hydrogen-bond acceptors (Lipinski definition) is 8. The Morgan fingerprint density at radius 1 is 1.04 bits per heavy atom. The largest absolute Gasteiger partial charge is 0.497 e. The smallest absolute Gasteiger partial charge is 0.242 e. The molecule has 1 N–H and O–H groups in total. The maximum Gasteiger partial charge on any atom is 0.242 e. The predicted molar refractivity (Wildman–Crippen MR) is 178 cm³/mol. The van der Waals surface area contributed by atoms with E-state index in [9.17, 15) is 0 Å². The van der Waals surface area contributed by atoms with Crippen LogP contribution in [0.15, 0.2) is 134 Å². The normalized spacial score (nSPS) is 13.8. The lowest BCUT2D eigenvalue weighted by Gasteiger charge is -2.28. The van der Waals surface area contributed by atoms with Crippen LogP contribution in [0.2, 0.25) is 0 Å². The summed E-state index contributed by atoms with van der Waals surface area (Å²) in [6, 6.07) is 23.6. The van der Waals surface area contributed by atoms with Gasteiger partial charge in [0.1, 0.15) is 29.0 Å². The second kappa shape index (κ2) is 12.5. The van der Waals surface area contributed by atoms with Gasteiger partial charge in [-0.25, -0.2) is 19.4 Å². The predicted octanol–water partition coefficient (Wildman–Crippen LogP) is 7.61. The van der Waals surface area contributed by atoms with Crippen LogP contribution in [0.25, 0.3) is 28.0 Å². The van der Waals surface area contributed by atoms with Crippen molar-refractivity contribution in [3.8, 4) is 28.3 Å². The second-order valence-corrected chi connectivity index (χ2v) is 10.6. The molecule has 2 aliphatic rings. The Kier molecular flexibility index (Phi) is 7.78. The number of benzene rings is 2. The van der Waals surface area contributed by atoms with Crippen molar-refractivity contribution >= 4 is 34.4 Å². The maximum absolute atomic E-state index is 5.83. The molecule has 0 radical (unpaired) electrons.